The zero-order valence-electron chi connectivity index (χ0n) is 10.9. The van der Waals surface area contributed by atoms with E-state index in [1.54, 1.807) is 7.11 Å². The van der Waals surface area contributed by atoms with Crippen LogP contribution in [0.3, 0.4) is 0 Å². The largest absolute Gasteiger partial charge is 0.493 e. The Kier molecular flexibility index (Phi) is 4.49. The second kappa shape index (κ2) is 5.91. The molecule has 0 aromatic heterocycles. The van der Waals surface area contributed by atoms with E-state index in [0.29, 0.717) is 0 Å². The van der Waals surface area contributed by atoms with E-state index in [1.807, 2.05) is 19.1 Å². The highest BCUT2D eigenvalue weighted by Gasteiger charge is 2.19. The van der Waals surface area contributed by atoms with Crippen molar-refractivity contribution < 1.29 is 9.47 Å². The number of rotatable bonds is 5. The Labute approximate surface area is 113 Å². The lowest BCUT2D eigenvalue weighted by Crippen LogP contribution is -2.28. The summed E-state index contributed by atoms with van der Waals surface area (Å²) in [7, 11) is 1.71. The number of hydrogen-bond donors (Lipinski definition) is 1. The van der Waals surface area contributed by atoms with E-state index < -0.39 is 0 Å². The van der Waals surface area contributed by atoms with Gasteiger partial charge in [-0.15, -0.1) is 0 Å². The minimum atomic E-state index is 0.0618. The van der Waals surface area contributed by atoms with Crippen molar-refractivity contribution in [3.63, 3.8) is 0 Å². The SMILES string of the molecule is COC(C)CC(N)Cc1cc(Cl)cc2c1OCC2. The van der Waals surface area contributed by atoms with Crippen LogP contribution in [0.1, 0.15) is 24.5 Å². The lowest BCUT2D eigenvalue weighted by Gasteiger charge is -2.17. The van der Waals surface area contributed by atoms with Gasteiger partial charge in [0.15, 0.2) is 0 Å². The van der Waals surface area contributed by atoms with Gasteiger partial charge in [-0.05, 0) is 43.0 Å². The molecule has 0 spiro atoms. The average molecular weight is 270 g/mol. The van der Waals surface area contributed by atoms with E-state index in [0.717, 1.165) is 42.2 Å². The summed E-state index contributed by atoms with van der Waals surface area (Å²) in [5.41, 5.74) is 8.46. The minimum Gasteiger partial charge on any atom is -0.493 e. The van der Waals surface area contributed by atoms with E-state index in [4.69, 9.17) is 26.8 Å². The molecule has 4 heteroatoms. The summed E-state index contributed by atoms with van der Waals surface area (Å²) in [6.07, 6.45) is 2.72. The number of halogens is 1. The molecule has 0 aliphatic carbocycles. The summed E-state index contributed by atoms with van der Waals surface area (Å²) in [6, 6.07) is 4.01. The Morgan fingerprint density at radius 2 is 2.28 bits per heavy atom. The zero-order valence-corrected chi connectivity index (χ0v) is 11.7. The summed E-state index contributed by atoms with van der Waals surface area (Å²) in [6.45, 7) is 2.77. The highest BCUT2D eigenvalue weighted by atomic mass is 35.5. The molecule has 1 aromatic carbocycles. The maximum absolute atomic E-state index is 6.15. The topological polar surface area (TPSA) is 44.5 Å². The van der Waals surface area contributed by atoms with Crippen molar-refractivity contribution in [1.82, 2.24) is 0 Å². The highest BCUT2D eigenvalue weighted by molar-refractivity contribution is 6.30. The summed E-state index contributed by atoms with van der Waals surface area (Å²) in [5.74, 6) is 0.986. The Bertz CT molecular complexity index is 423. The molecule has 0 saturated heterocycles. The molecule has 0 saturated carbocycles. The molecule has 1 heterocycles. The molecule has 0 bridgehead atoms. The summed E-state index contributed by atoms with van der Waals surface area (Å²) in [4.78, 5) is 0. The van der Waals surface area contributed by atoms with Gasteiger partial charge in [0.25, 0.3) is 0 Å². The predicted octanol–water partition coefficient (Wildman–Crippen LogP) is 2.57. The molecule has 2 rings (SSSR count). The van der Waals surface area contributed by atoms with E-state index in [1.165, 1.54) is 5.56 Å². The molecule has 3 nitrogen and oxygen atoms in total. The first-order valence-electron chi connectivity index (χ1n) is 6.32. The molecule has 0 fully saturated rings. The highest BCUT2D eigenvalue weighted by Crippen LogP contribution is 2.33. The van der Waals surface area contributed by atoms with Gasteiger partial charge >= 0.3 is 0 Å². The van der Waals surface area contributed by atoms with Crippen molar-refractivity contribution in [3.8, 4) is 5.75 Å². The number of ether oxygens (including phenoxy) is 2. The van der Waals surface area contributed by atoms with Crippen molar-refractivity contribution in [2.24, 2.45) is 5.73 Å². The molecule has 2 unspecified atom stereocenters. The quantitative estimate of drug-likeness (QED) is 0.894. The number of methoxy groups -OCH3 is 1. The third kappa shape index (κ3) is 3.16. The molecule has 18 heavy (non-hydrogen) atoms. The fourth-order valence-electron chi connectivity index (χ4n) is 2.39. The zero-order chi connectivity index (χ0) is 13.1. The Balaban J connectivity index is 2.09. The fraction of sp³-hybridized carbons (Fsp3) is 0.571. The molecule has 1 aliphatic heterocycles. The summed E-state index contributed by atoms with van der Waals surface area (Å²) >= 11 is 6.12. The molecule has 100 valence electrons. The maximum atomic E-state index is 6.15. The van der Waals surface area contributed by atoms with E-state index in [-0.39, 0.29) is 12.1 Å². The van der Waals surface area contributed by atoms with Crippen LogP contribution in [-0.4, -0.2) is 25.9 Å². The van der Waals surface area contributed by atoms with Crippen LogP contribution < -0.4 is 10.5 Å². The van der Waals surface area contributed by atoms with Crippen LogP contribution >= 0.6 is 11.6 Å². The van der Waals surface area contributed by atoms with Gasteiger partial charge in [-0.3, -0.25) is 0 Å². The lowest BCUT2D eigenvalue weighted by atomic mass is 9.99. The van der Waals surface area contributed by atoms with Gasteiger partial charge in [0.2, 0.25) is 0 Å². The molecule has 2 N–H and O–H groups in total. The number of nitrogens with two attached hydrogens (primary N) is 1. The van der Waals surface area contributed by atoms with Crippen LogP contribution in [0.2, 0.25) is 5.02 Å². The maximum Gasteiger partial charge on any atom is 0.125 e. The first-order valence-corrected chi connectivity index (χ1v) is 6.70. The van der Waals surface area contributed by atoms with Crippen LogP contribution in [0.25, 0.3) is 0 Å². The van der Waals surface area contributed by atoms with Crippen LogP contribution in [0.5, 0.6) is 5.75 Å². The van der Waals surface area contributed by atoms with Crippen molar-refractivity contribution >= 4 is 11.6 Å². The summed E-state index contributed by atoms with van der Waals surface area (Å²) < 4.78 is 10.9. The smallest absolute Gasteiger partial charge is 0.125 e. The lowest BCUT2D eigenvalue weighted by molar-refractivity contribution is 0.104. The van der Waals surface area contributed by atoms with Gasteiger partial charge in [0.1, 0.15) is 5.75 Å². The van der Waals surface area contributed by atoms with Crippen LogP contribution in [0, 0.1) is 0 Å². The number of fused-ring (bicyclic) bond motifs is 1. The standard InChI is InChI=1S/C14H20ClNO2/c1-9(17-2)5-13(16)8-11-7-12(15)6-10-3-4-18-14(10)11/h6-7,9,13H,3-5,8,16H2,1-2H3. The van der Waals surface area contributed by atoms with Crippen molar-refractivity contribution in [2.75, 3.05) is 13.7 Å². The Morgan fingerprint density at radius 3 is 3.00 bits per heavy atom. The Hall–Kier alpha value is -0.770. The van der Waals surface area contributed by atoms with Gasteiger partial charge < -0.3 is 15.2 Å². The minimum absolute atomic E-state index is 0.0618. The first kappa shape index (κ1) is 13.7. The van der Waals surface area contributed by atoms with E-state index >= 15 is 0 Å². The van der Waals surface area contributed by atoms with E-state index in [9.17, 15) is 0 Å². The molecule has 1 aliphatic rings. The van der Waals surface area contributed by atoms with E-state index in [2.05, 4.69) is 0 Å². The van der Waals surface area contributed by atoms with Gasteiger partial charge in [0.05, 0.1) is 12.7 Å². The first-order chi connectivity index (χ1) is 8.60. The summed E-state index contributed by atoms with van der Waals surface area (Å²) in [5, 5.41) is 0.765. The molecule has 2 atom stereocenters. The van der Waals surface area contributed by atoms with Gasteiger partial charge in [-0.25, -0.2) is 0 Å². The molecule has 0 amide bonds. The molecule has 0 radical (unpaired) electrons. The van der Waals surface area contributed by atoms with Crippen molar-refractivity contribution in [3.05, 3.63) is 28.3 Å². The monoisotopic (exact) mass is 269 g/mol. The Morgan fingerprint density at radius 1 is 1.50 bits per heavy atom. The third-order valence-electron chi connectivity index (χ3n) is 3.34. The van der Waals surface area contributed by atoms with Gasteiger partial charge in [-0.2, -0.15) is 0 Å². The van der Waals surface area contributed by atoms with Gasteiger partial charge in [0, 0.05) is 24.6 Å². The molecular weight excluding hydrogens is 250 g/mol. The van der Waals surface area contributed by atoms with Crippen LogP contribution in [0.15, 0.2) is 12.1 Å². The van der Waals surface area contributed by atoms with Crippen molar-refractivity contribution in [2.45, 2.75) is 38.3 Å². The molecule has 1 aromatic rings. The van der Waals surface area contributed by atoms with Crippen molar-refractivity contribution in [1.29, 1.82) is 0 Å². The normalized spacial score (nSPS) is 17.1. The fourth-order valence-corrected chi connectivity index (χ4v) is 2.65. The van der Waals surface area contributed by atoms with Crippen LogP contribution in [0.4, 0.5) is 0 Å². The average Bonchev–Trinajstić information content (AvgIpc) is 2.76. The number of hydrogen-bond acceptors (Lipinski definition) is 3. The van der Waals surface area contributed by atoms with Crippen LogP contribution in [-0.2, 0) is 17.6 Å². The second-order valence-corrected chi connectivity index (χ2v) is 5.33. The molecular formula is C14H20ClNO2. The third-order valence-corrected chi connectivity index (χ3v) is 3.56. The van der Waals surface area contributed by atoms with Gasteiger partial charge in [-0.1, -0.05) is 11.6 Å². The number of benzene rings is 1. The predicted molar refractivity (Wildman–Crippen MR) is 73.4 cm³/mol. The second-order valence-electron chi connectivity index (χ2n) is 4.90.